The van der Waals surface area contributed by atoms with Crippen LogP contribution >= 0.6 is 0 Å². The molecule has 1 aromatic carbocycles. The number of aryl methyl sites for hydroxylation is 1. The highest BCUT2D eigenvalue weighted by Gasteiger charge is 2.14. The molecule has 0 radical (unpaired) electrons. The van der Waals surface area contributed by atoms with E-state index in [1.807, 2.05) is 5.43 Å². The Labute approximate surface area is 118 Å². The van der Waals surface area contributed by atoms with Gasteiger partial charge in [-0.15, -0.1) is 0 Å². The third kappa shape index (κ3) is 3.26. The molecule has 0 aliphatic carbocycles. The molecule has 0 aliphatic rings. The molecule has 1 amide bonds. The van der Waals surface area contributed by atoms with Gasteiger partial charge in [-0.05, 0) is 18.9 Å². The smallest absolute Gasteiger partial charge is 0.408 e. The topological polar surface area (TPSA) is 133 Å². The maximum absolute atomic E-state index is 11.7. The first-order chi connectivity index (χ1) is 10.0. The first kappa shape index (κ1) is 14.7. The Bertz CT molecular complexity index is 733. The highest BCUT2D eigenvalue weighted by molar-refractivity contribution is 5.76. The average Bonchev–Trinajstić information content (AvgIpc) is 2.78. The van der Waals surface area contributed by atoms with Gasteiger partial charge in [-0.3, -0.25) is 24.9 Å². The van der Waals surface area contributed by atoms with E-state index in [-0.39, 0.29) is 18.0 Å². The molecule has 0 atom stereocenters. The molecule has 0 fully saturated rings. The Kier molecular flexibility index (Phi) is 4.33. The number of nitrogens with one attached hydrogen (secondary N) is 1. The quantitative estimate of drug-likeness (QED) is 0.264. The number of hydrogen-bond donors (Lipinski definition) is 2. The van der Waals surface area contributed by atoms with Gasteiger partial charge in [0.2, 0.25) is 5.91 Å². The van der Waals surface area contributed by atoms with Crippen molar-refractivity contribution in [2.45, 2.75) is 25.8 Å². The molecular weight excluding hydrogens is 280 g/mol. The van der Waals surface area contributed by atoms with E-state index in [0.717, 1.165) is 0 Å². The van der Waals surface area contributed by atoms with Crippen LogP contribution in [0.25, 0.3) is 11.1 Å². The number of fused-ring (bicyclic) bond motifs is 1. The van der Waals surface area contributed by atoms with Crippen LogP contribution in [0.3, 0.4) is 0 Å². The van der Waals surface area contributed by atoms with Crippen molar-refractivity contribution in [3.8, 4) is 0 Å². The van der Waals surface area contributed by atoms with Crippen LogP contribution in [0.2, 0.25) is 0 Å². The summed E-state index contributed by atoms with van der Waals surface area (Å²) in [4.78, 5) is 32.9. The van der Waals surface area contributed by atoms with Crippen LogP contribution in [0.15, 0.2) is 27.4 Å². The number of non-ortho nitro benzene ring substituents is 1. The summed E-state index contributed by atoms with van der Waals surface area (Å²) in [6.45, 7) is 0.310. The number of benzene rings is 1. The number of nitro benzene ring substituents is 1. The van der Waals surface area contributed by atoms with Crippen LogP contribution in [0, 0.1) is 10.1 Å². The minimum Gasteiger partial charge on any atom is -0.408 e. The maximum Gasteiger partial charge on any atom is 0.419 e. The second-order valence-electron chi connectivity index (χ2n) is 4.45. The molecule has 0 aliphatic heterocycles. The summed E-state index contributed by atoms with van der Waals surface area (Å²) in [6, 6.07) is 3.97. The Morgan fingerprint density at radius 3 is 2.86 bits per heavy atom. The fourth-order valence-corrected chi connectivity index (χ4v) is 2.00. The highest BCUT2D eigenvalue weighted by atomic mass is 16.6. The van der Waals surface area contributed by atoms with E-state index in [1.54, 1.807) is 0 Å². The lowest BCUT2D eigenvalue weighted by molar-refractivity contribution is -0.384. The number of unbranched alkanes of at least 4 members (excludes halogenated alkanes) is 1. The standard InChI is InChI=1S/C12H14N4O5/c13-14-11(17)3-1-2-6-15-9-7-8(16(19)20)4-5-10(9)21-12(15)18/h4-5,7H,1-3,6,13H2,(H,14,17). The molecule has 1 aromatic heterocycles. The second kappa shape index (κ2) is 6.18. The lowest BCUT2D eigenvalue weighted by Gasteiger charge is -2.02. The van der Waals surface area contributed by atoms with Gasteiger partial charge in [-0.1, -0.05) is 0 Å². The largest absolute Gasteiger partial charge is 0.419 e. The van der Waals surface area contributed by atoms with Crippen LogP contribution in [0.4, 0.5) is 5.69 Å². The summed E-state index contributed by atoms with van der Waals surface area (Å²) >= 11 is 0. The summed E-state index contributed by atoms with van der Waals surface area (Å²) in [7, 11) is 0. The SMILES string of the molecule is NNC(=O)CCCCn1c(=O)oc2ccc([N+](=O)[O-])cc21. The fourth-order valence-electron chi connectivity index (χ4n) is 2.00. The summed E-state index contributed by atoms with van der Waals surface area (Å²) in [5.41, 5.74) is 2.58. The Balaban J connectivity index is 2.16. The van der Waals surface area contributed by atoms with Gasteiger partial charge < -0.3 is 4.42 Å². The number of carbonyl (C=O) groups excluding carboxylic acids is 1. The van der Waals surface area contributed by atoms with Crippen molar-refractivity contribution in [2.75, 3.05) is 0 Å². The molecule has 2 rings (SSSR count). The van der Waals surface area contributed by atoms with E-state index in [9.17, 15) is 19.7 Å². The molecular formula is C12H14N4O5. The van der Waals surface area contributed by atoms with Crippen molar-refractivity contribution in [3.63, 3.8) is 0 Å². The van der Waals surface area contributed by atoms with Crippen LogP contribution in [-0.2, 0) is 11.3 Å². The zero-order valence-electron chi connectivity index (χ0n) is 11.1. The van der Waals surface area contributed by atoms with Crippen molar-refractivity contribution in [1.82, 2.24) is 9.99 Å². The number of rotatable bonds is 6. The summed E-state index contributed by atoms with van der Waals surface area (Å²) in [6.07, 6.45) is 1.34. The van der Waals surface area contributed by atoms with Crippen LogP contribution in [-0.4, -0.2) is 15.4 Å². The summed E-state index contributed by atoms with van der Waals surface area (Å²) < 4.78 is 6.34. The van der Waals surface area contributed by atoms with Gasteiger partial charge in [0.15, 0.2) is 5.58 Å². The monoisotopic (exact) mass is 294 g/mol. The average molecular weight is 294 g/mol. The first-order valence-electron chi connectivity index (χ1n) is 6.30. The molecule has 0 unspecified atom stereocenters. The van der Waals surface area contributed by atoms with E-state index in [1.165, 1.54) is 22.8 Å². The Morgan fingerprint density at radius 2 is 2.19 bits per heavy atom. The minimum absolute atomic E-state index is 0.112. The molecule has 21 heavy (non-hydrogen) atoms. The number of hydrazine groups is 1. The van der Waals surface area contributed by atoms with E-state index < -0.39 is 10.7 Å². The lowest BCUT2D eigenvalue weighted by atomic mass is 10.2. The Morgan fingerprint density at radius 1 is 1.43 bits per heavy atom. The molecule has 0 bridgehead atoms. The number of nitro groups is 1. The van der Waals surface area contributed by atoms with Crippen molar-refractivity contribution in [3.05, 3.63) is 38.9 Å². The first-order valence-corrected chi connectivity index (χ1v) is 6.30. The normalized spacial score (nSPS) is 10.7. The molecule has 3 N–H and O–H groups in total. The van der Waals surface area contributed by atoms with Crippen molar-refractivity contribution >= 4 is 22.7 Å². The second-order valence-corrected chi connectivity index (χ2v) is 4.45. The van der Waals surface area contributed by atoms with Gasteiger partial charge in [0, 0.05) is 25.1 Å². The van der Waals surface area contributed by atoms with Crippen LogP contribution < -0.4 is 17.0 Å². The van der Waals surface area contributed by atoms with Gasteiger partial charge in [0.05, 0.1) is 10.4 Å². The van der Waals surface area contributed by atoms with E-state index in [2.05, 4.69) is 0 Å². The molecule has 0 saturated heterocycles. The van der Waals surface area contributed by atoms with Crippen LogP contribution in [0.5, 0.6) is 0 Å². The number of carbonyl (C=O) groups is 1. The number of hydrogen-bond acceptors (Lipinski definition) is 6. The third-order valence-corrected chi connectivity index (χ3v) is 3.06. The lowest BCUT2D eigenvalue weighted by Crippen LogP contribution is -2.29. The molecule has 2 aromatic rings. The molecule has 112 valence electrons. The van der Waals surface area contributed by atoms with E-state index >= 15 is 0 Å². The molecule has 0 spiro atoms. The summed E-state index contributed by atoms with van der Waals surface area (Å²) in [5, 5.41) is 10.8. The number of nitrogens with two attached hydrogens (primary N) is 1. The number of nitrogens with zero attached hydrogens (tertiary/aromatic N) is 2. The predicted molar refractivity (Wildman–Crippen MR) is 73.3 cm³/mol. The maximum atomic E-state index is 11.7. The molecule has 9 heteroatoms. The predicted octanol–water partition coefficient (Wildman–Crippen LogP) is 0.663. The van der Waals surface area contributed by atoms with Crippen LogP contribution in [0.1, 0.15) is 19.3 Å². The highest BCUT2D eigenvalue weighted by Crippen LogP contribution is 2.20. The van der Waals surface area contributed by atoms with Gasteiger partial charge in [-0.2, -0.15) is 0 Å². The Hall–Kier alpha value is -2.68. The van der Waals surface area contributed by atoms with Gasteiger partial charge in [0.1, 0.15) is 0 Å². The zero-order chi connectivity index (χ0) is 15.4. The van der Waals surface area contributed by atoms with Crippen molar-refractivity contribution in [1.29, 1.82) is 0 Å². The molecule has 1 heterocycles. The van der Waals surface area contributed by atoms with Crippen molar-refractivity contribution in [2.24, 2.45) is 5.84 Å². The molecule has 0 saturated carbocycles. The fraction of sp³-hybridized carbons (Fsp3) is 0.333. The minimum atomic E-state index is -0.575. The van der Waals surface area contributed by atoms with Gasteiger partial charge >= 0.3 is 5.76 Å². The summed E-state index contributed by atoms with van der Waals surface area (Å²) in [5.74, 6) is 4.10. The number of aromatic nitrogens is 1. The van der Waals surface area contributed by atoms with E-state index in [4.69, 9.17) is 10.3 Å². The van der Waals surface area contributed by atoms with Gasteiger partial charge in [0.25, 0.3) is 5.69 Å². The van der Waals surface area contributed by atoms with E-state index in [0.29, 0.717) is 30.5 Å². The number of amides is 1. The van der Waals surface area contributed by atoms with Gasteiger partial charge in [-0.25, -0.2) is 10.6 Å². The number of oxazole rings is 1. The third-order valence-electron chi connectivity index (χ3n) is 3.06. The molecule has 9 nitrogen and oxygen atoms in total. The van der Waals surface area contributed by atoms with Crippen molar-refractivity contribution < 1.29 is 14.1 Å². The zero-order valence-corrected chi connectivity index (χ0v) is 11.1.